The first-order valence-corrected chi connectivity index (χ1v) is 6.19. The molecule has 0 radical (unpaired) electrons. The van der Waals surface area contributed by atoms with E-state index < -0.39 is 16.6 Å². The van der Waals surface area contributed by atoms with Crippen LogP contribution in [0, 0.1) is 5.82 Å². The maximum Gasteiger partial charge on any atom is 0.210 e. The number of carbonyl (C=O) groups excluding carboxylic acids is 1. The SMILES string of the molecule is O=C(CS(=O)c1ccc(F)cc1)c1ccco1. The Morgan fingerprint density at radius 2 is 1.94 bits per heavy atom. The molecule has 0 bridgehead atoms. The maximum atomic E-state index is 12.7. The Kier molecular flexibility index (Phi) is 3.49. The number of halogens is 1. The summed E-state index contributed by atoms with van der Waals surface area (Å²) < 4.78 is 29.3. The molecule has 3 nitrogen and oxygen atoms in total. The Morgan fingerprint density at radius 3 is 2.53 bits per heavy atom. The second-order valence-electron chi connectivity index (χ2n) is 3.34. The molecule has 0 N–H and O–H groups in total. The lowest BCUT2D eigenvalue weighted by molar-refractivity contribution is 0.0991. The molecule has 0 fully saturated rings. The van der Waals surface area contributed by atoms with Crippen LogP contribution in [-0.2, 0) is 10.8 Å². The Morgan fingerprint density at radius 1 is 1.24 bits per heavy atom. The fourth-order valence-electron chi connectivity index (χ4n) is 1.30. The van der Waals surface area contributed by atoms with Gasteiger partial charge < -0.3 is 4.42 Å². The maximum absolute atomic E-state index is 12.7. The Labute approximate surface area is 99.7 Å². The van der Waals surface area contributed by atoms with Crippen molar-refractivity contribution in [2.45, 2.75) is 4.90 Å². The van der Waals surface area contributed by atoms with Gasteiger partial charge in [-0.3, -0.25) is 9.00 Å². The van der Waals surface area contributed by atoms with Crippen molar-refractivity contribution in [3.63, 3.8) is 0 Å². The summed E-state index contributed by atoms with van der Waals surface area (Å²) in [6, 6.07) is 8.34. The van der Waals surface area contributed by atoms with Gasteiger partial charge in [0.25, 0.3) is 0 Å². The van der Waals surface area contributed by atoms with Crippen LogP contribution in [0.25, 0.3) is 0 Å². The molecule has 0 saturated heterocycles. The quantitative estimate of drug-likeness (QED) is 0.785. The molecule has 17 heavy (non-hydrogen) atoms. The van der Waals surface area contributed by atoms with Crippen LogP contribution < -0.4 is 0 Å². The van der Waals surface area contributed by atoms with E-state index in [0.717, 1.165) is 0 Å². The lowest BCUT2D eigenvalue weighted by Crippen LogP contribution is -2.10. The number of furan rings is 1. The van der Waals surface area contributed by atoms with Gasteiger partial charge in [0.1, 0.15) is 5.82 Å². The summed E-state index contributed by atoms with van der Waals surface area (Å²) in [7, 11) is -1.48. The van der Waals surface area contributed by atoms with Gasteiger partial charge in [0.2, 0.25) is 5.78 Å². The van der Waals surface area contributed by atoms with Crippen molar-refractivity contribution in [3.05, 3.63) is 54.2 Å². The van der Waals surface area contributed by atoms with Gasteiger partial charge in [-0.25, -0.2) is 4.39 Å². The topological polar surface area (TPSA) is 47.3 Å². The van der Waals surface area contributed by atoms with Gasteiger partial charge >= 0.3 is 0 Å². The highest BCUT2D eigenvalue weighted by Gasteiger charge is 2.14. The van der Waals surface area contributed by atoms with E-state index in [4.69, 9.17) is 4.42 Å². The number of ketones is 1. The van der Waals surface area contributed by atoms with E-state index >= 15 is 0 Å². The summed E-state index contributed by atoms with van der Waals surface area (Å²) in [6.07, 6.45) is 1.38. The van der Waals surface area contributed by atoms with Crippen LogP contribution in [0.5, 0.6) is 0 Å². The third-order valence-corrected chi connectivity index (χ3v) is 3.46. The Balaban J connectivity index is 2.07. The predicted molar refractivity (Wildman–Crippen MR) is 60.7 cm³/mol. The second-order valence-corrected chi connectivity index (χ2v) is 4.80. The van der Waals surface area contributed by atoms with E-state index in [2.05, 4.69) is 0 Å². The van der Waals surface area contributed by atoms with Gasteiger partial charge in [0.05, 0.1) is 22.8 Å². The molecule has 1 heterocycles. The van der Waals surface area contributed by atoms with Crippen molar-refractivity contribution in [2.24, 2.45) is 0 Å². The summed E-state index contributed by atoms with van der Waals surface area (Å²) in [5.74, 6) is -0.722. The van der Waals surface area contributed by atoms with E-state index in [0.29, 0.717) is 4.90 Å². The molecule has 0 spiro atoms. The Hall–Kier alpha value is -1.75. The average molecular weight is 252 g/mol. The number of Topliss-reactive ketones (excluding diaryl/α,β-unsaturated/α-hetero) is 1. The van der Waals surface area contributed by atoms with Crippen LogP contribution in [0.4, 0.5) is 4.39 Å². The monoisotopic (exact) mass is 252 g/mol. The zero-order chi connectivity index (χ0) is 12.3. The minimum absolute atomic E-state index is 0.168. The average Bonchev–Trinajstić information content (AvgIpc) is 2.83. The number of hydrogen-bond acceptors (Lipinski definition) is 3. The summed E-state index contributed by atoms with van der Waals surface area (Å²) in [6.45, 7) is 0. The van der Waals surface area contributed by atoms with Crippen LogP contribution in [0.15, 0.2) is 52.0 Å². The number of hydrogen-bond donors (Lipinski definition) is 0. The van der Waals surface area contributed by atoms with Crippen molar-refractivity contribution in [1.29, 1.82) is 0 Å². The first-order valence-electron chi connectivity index (χ1n) is 4.87. The van der Waals surface area contributed by atoms with Crippen LogP contribution in [-0.4, -0.2) is 15.7 Å². The van der Waals surface area contributed by atoms with E-state index in [-0.39, 0.29) is 17.3 Å². The first kappa shape index (κ1) is 11.7. The fourth-order valence-corrected chi connectivity index (χ4v) is 2.28. The summed E-state index contributed by atoms with van der Waals surface area (Å²) in [5, 5.41) is 0. The smallest absolute Gasteiger partial charge is 0.210 e. The van der Waals surface area contributed by atoms with E-state index in [1.165, 1.54) is 36.6 Å². The van der Waals surface area contributed by atoms with Crippen molar-refractivity contribution < 1.29 is 17.8 Å². The molecule has 1 aromatic heterocycles. The molecule has 5 heteroatoms. The molecular formula is C12H9FO3S. The molecule has 0 aliphatic heterocycles. The highest BCUT2D eigenvalue weighted by atomic mass is 32.2. The van der Waals surface area contributed by atoms with E-state index in [9.17, 15) is 13.4 Å². The molecule has 1 aromatic carbocycles. The van der Waals surface area contributed by atoms with Gasteiger partial charge in [-0.15, -0.1) is 0 Å². The highest BCUT2D eigenvalue weighted by Crippen LogP contribution is 2.10. The first-order chi connectivity index (χ1) is 8.16. The highest BCUT2D eigenvalue weighted by molar-refractivity contribution is 7.85. The molecule has 1 unspecified atom stereocenters. The zero-order valence-corrected chi connectivity index (χ0v) is 9.58. The lowest BCUT2D eigenvalue weighted by atomic mass is 10.3. The molecule has 2 rings (SSSR count). The predicted octanol–water partition coefficient (Wildman–Crippen LogP) is 2.41. The van der Waals surface area contributed by atoms with Crippen LogP contribution in [0.2, 0.25) is 0 Å². The minimum Gasteiger partial charge on any atom is -0.461 e. The van der Waals surface area contributed by atoms with Crippen molar-refractivity contribution in [1.82, 2.24) is 0 Å². The van der Waals surface area contributed by atoms with E-state index in [1.807, 2.05) is 0 Å². The lowest BCUT2D eigenvalue weighted by Gasteiger charge is -2.00. The standard InChI is InChI=1S/C12H9FO3S/c13-9-3-5-10(6-4-9)17(15)8-11(14)12-2-1-7-16-12/h1-7H,8H2. The molecular weight excluding hydrogens is 243 g/mol. The fraction of sp³-hybridized carbons (Fsp3) is 0.0833. The molecule has 88 valence electrons. The molecule has 0 aliphatic rings. The summed E-state index contributed by atoms with van der Waals surface area (Å²) in [5.41, 5.74) is 0. The third kappa shape index (κ3) is 2.88. The zero-order valence-electron chi connectivity index (χ0n) is 8.76. The van der Waals surface area contributed by atoms with Gasteiger partial charge in [-0.05, 0) is 36.4 Å². The molecule has 1 atom stereocenters. The van der Waals surface area contributed by atoms with Crippen LogP contribution >= 0.6 is 0 Å². The third-order valence-electron chi connectivity index (χ3n) is 2.13. The van der Waals surface area contributed by atoms with Gasteiger partial charge in [0.15, 0.2) is 5.76 Å². The molecule has 0 amide bonds. The molecule has 0 aliphatic carbocycles. The van der Waals surface area contributed by atoms with Crippen molar-refractivity contribution in [2.75, 3.05) is 5.75 Å². The van der Waals surface area contributed by atoms with E-state index in [1.54, 1.807) is 6.07 Å². The van der Waals surface area contributed by atoms with Crippen molar-refractivity contribution in [3.8, 4) is 0 Å². The largest absolute Gasteiger partial charge is 0.461 e. The minimum atomic E-state index is -1.48. The summed E-state index contributed by atoms with van der Waals surface area (Å²) in [4.78, 5) is 12.0. The number of rotatable bonds is 4. The Bertz CT molecular complexity index is 531. The van der Waals surface area contributed by atoms with Crippen LogP contribution in [0.1, 0.15) is 10.6 Å². The van der Waals surface area contributed by atoms with Crippen LogP contribution in [0.3, 0.4) is 0 Å². The summed E-state index contributed by atoms with van der Waals surface area (Å²) >= 11 is 0. The molecule has 2 aromatic rings. The number of carbonyl (C=O) groups is 1. The van der Waals surface area contributed by atoms with Crippen molar-refractivity contribution >= 4 is 16.6 Å². The van der Waals surface area contributed by atoms with Gasteiger partial charge in [-0.2, -0.15) is 0 Å². The second kappa shape index (κ2) is 5.05. The van der Waals surface area contributed by atoms with Gasteiger partial charge in [0, 0.05) is 4.90 Å². The van der Waals surface area contributed by atoms with Gasteiger partial charge in [-0.1, -0.05) is 0 Å². The number of benzene rings is 1. The molecule has 0 saturated carbocycles. The normalized spacial score (nSPS) is 12.3.